The Kier molecular flexibility index (Phi) is 6.03. The van der Waals surface area contributed by atoms with Crippen LogP contribution in [0, 0.1) is 5.82 Å². The molecular weight excluding hydrogens is 420 g/mol. The molecule has 4 nitrogen and oxygen atoms in total. The molecule has 3 aromatic carbocycles. The number of nitrogens with zero attached hydrogens (tertiary/aromatic N) is 3. The zero-order valence-electron chi connectivity index (χ0n) is 18.2. The Bertz CT molecular complexity index is 1040. The predicted molar refractivity (Wildman–Crippen MR) is 130 cm³/mol. The van der Waals surface area contributed by atoms with Crippen molar-refractivity contribution < 1.29 is 8.96 Å². The van der Waals surface area contributed by atoms with Crippen LogP contribution in [0.2, 0.25) is 0 Å². The Morgan fingerprint density at radius 2 is 1.16 bits per heavy atom. The van der Waals surface area contributed by atoms with E-state index < -0.39 is 13.2 Å². The van der Waals surface area contributed by atoms with Crippen LogP contribution in [-0.4, -0.2) is 31.1 Å². The lowest BCUT2D eigenvalue weighted by Gasteiger charge is -2.44. The van der Waals surface area contributed by atoms with E-state index in [0.29, 0.717) is 18.7 Å². The highest BCUT2D eigenvalue weighted by Crippen LogP contribution is 2.70. The molecule has 2 aliphatic heterocycles. The summed E-state index contributed by atoms with van der Waals surface area (Å²) in [6.07, 6.45) is 3.25. The van der Waals surface area contributed by atoms with E-state index in [0.717, 1.165) is 43.7 Å². The van der Waals surface area contributed by atoms with Gasteiger partial charge in [0, 0.05) is 30.0 Å². The van der Waals surface area contributed by atoms with E-state index in [9.17, 15) is 0 Å². The van der Waals surface area contributed by atoms with Crippen molar-refractivity contribution in [3.05, 3.63) is 96.3 Å². The number of likely N-dealkylation sites (tertiary alicyclic amines) is 1. The van der Waals surface area contributed by atoms with Crippen LogP contribution in [0.4, 0.5) is 15.8 Å². The molecule has 5 rings (SSSR count). The average Bonchev–Trinajstić information content (AvgIpc) is 3.20. The highest BCUT2D eigenvalue weighted by Gasteiger charge is 2.52. The topological polar surface area (TPSA) is 26.8 Å². The molecule has 1 unspecified atom stereocenters. The summed E-state index contributed by atoms with van der Waals surface area (Å²) in [7, 11) is -3.31. The number of hydrogen-bond acceptors (Lipinski definition) is 2. The largest absolute Gasteiger partial charge is 0.304 e. The van der Waals surface area contributed by atoms with Gasteiger partial charge in [0.25, 0.3) is 7.44 Å². The molecule has 0 aromatic heterocycles. The summed E-state index contributed by atoms with van der Waals surface area (Å²) < 4.78 is 34.9. The molecule has 3 aromatic rings. The Morgan fingerprint density at radius 3 is 1.69 bits per heavy atom. The minimum Gasteiger partial charge on any atom is -0.304 e. The van der Waals surface area contributed by atoms with Crippen LogP contribution in [-0.2, 0) is 4.57 Å². The van der Waals surface area contributed by atoms with E-state index >= 15 is 8.96 Å². The molecule has 0 bridgehead atoms. The first-order valence-electron chi connectivity index (χ1n) is 11.4. The number of para-hydroxylation sites is 2. The van der Waals surface area contributed by atoms with Gasteiger partial charge >= 0.3 is 0 Å². The lowest BCUT2D eigenvalue weighted by Crippen LogP contribution is -2.39. The SMILES string of the molecule is O=P1(C(c2ccccc2F)N2CCCCC2)N(c2ccccc2)CCN1c1ccccc1. The van der Waals surface area contributed by atoms with Gasteiger partial charge in [-0.1, -0.05) is 61.0 Å². The van der Waals surface area contributed by atoms with Crippen molar-refractivity contribution in [2.24, 2.45) is 0 Å². The van der Waals surface area contributed by atoms with E-state index in [4.69, 9.17) is 0 Å². The summed E-state index contributed by atoms with van der Waals surface area (Å²) in [5, 5.41) is 0. The Hall–Kier alpha value is -2.62. The van der Waals surface area contributed by atoms with Gasteiger partial charge in [0.1, 0.15) is 11.6 Å². The summed E-state index contributed by atoms with van der Waals surface area (Å²) in [6.45, 7) is 2.92. The van der Waals surface area contributed by atoms with Gasteiger partial charge in [-0.05, 0) is 56.3 Å². The number of hydrogen-bond donors (Lipinski definition) is 0. The molecule has 2 heterocycles. The van der Waals surface area contributed by atoms with E-state index in [-0.39, 0.29) is 5.82 Å². The minimum atomic E-state index is -3.31. The minimum absolute atomic E-state index is 0.286. The number of anilines is 2. The van der Waals surface area contributed by atoms with Crippen LogP contribution >= 0.6 is 7.44 Å². The monoisotopic (exact) mass is 449 g/mol. The number of piperidine rings is 1. The third kappa shape index (κ3) is 3.74. The molecule has 32 heavy (non-hydrogen) atoms. The van der Waals surface area contributed by atoms with E-state index in [1.165, 1.54) is 6.07 Å². The Morgan fingerprint density at radius 1 is 0.656 bits per heavy atom. The lowest BCUT2D eigenvalue weighted by atomic mass is 10.1. The van der Waals surface area contributed by atoms with Crippen LogP contribution in [0.3, 0.4) is 0 Å². The third-order valence-corrected chi connectivity index (χ3v) is 10.0. The molecule has 166 valence electrons. The number of benzene rings is 3. The van der Waals surface area contributed by atoms with Crippen LogP contribution in [0.25, 0.3) is 0 Å². The summed E-state index contributed by atoms with van der Waals surface area (Å²) in [4.78, 5) is 2.26. The van der Waals surface area contributed by atoms with Gasteiger partial charge in [0.2, 0.25) is 0 Å². The molecule has 0 N–H and O–H groups in total. The van der Waals surface area contributed by atoms with E-state index in [1.807, 2.05) is 82.1 Å². The van der Waals surface area contributed by atoms with Crippen LogP contribution in [0.1, 0.15) is 30.6 Å². The van der Waals surface area contributed by atoms with Crippen molar-refractivity contribution in [3.63, 3.8) is 0 Å². The maximum absolute atomic E-state index is 15.5. The average molecular weight is 450 g/mol. The van der Waals surface area contributed by atoms with Crippen molar-refractivity contribution in [3.8, 4) is 0 Å². The molecule has 0 amide bonds. The fourth-order valence-corrected chi connectivity index (χ4v) is 8.80. The molecule has 0 spiro atoms. The molecule has 6 heteroatoms. The van der Waals surface area contributed by atoms with Crippen molar-refractivity contribution in [1.29, 1.82) is 0 Å². The smallest absolute Gasteiger partial charge is 0.284 e. The zero-order valence-corrected chi connectivity index (χ0v) is 19.1. The number of rotatable bonds is 5. The lowest BCUT2D eigenvalue weighted by molar-refractivity contribution is 0.203. The van der Waals surface area contributed by atoms with Crippen molar-refractivity contribution in [2.75, 3.05) is 35.5 Å². The van der Waals surface area contributed by atoms with Gasteiger partial charge in [0.05, 0.1) is 0 Å². The van der Waals surface area contributed by atoms with Gasteiger partial charge in [-0.25, -0.2) is 4.39 Å². The second-order valence-electron chi connectivity index (χ2n) is 8.50. The molecule has 0 radical (unpaired) electrons. The summed E-state index contributed by atoms with van der Waals surface area (Å²) in [5.74, 6) is -0.821. The molecule has 1 atom stereocenters. The van der Waals surface area contributed by atoms with Crippen molar-refractivity contribution in [2.45, 2.75) is 25.0 Å². The van der Waals surface area contributed by atoms with Gasteiger partial charge < -0.3 is 9.34 Å². The normalized spacial score (nSPS) is 19.8. The standard InChI is InChI=1S/C26H29FN3OP/c27-25-17-9-8-16-24(25)26(28-18-10-3-11-19-28)32(31)29(22-12-4-1-5-13-22)20-21-30(32)23-14-6-2-7-15-23/h1-2,4-9,12-17,26H,3,10-11,18-21H2. The van der Waals surface area contributed by atoms with E-state index in [1.54, 1.807) is 6.07 Å². The van der Waals surface area contributed by atoms with Gasteiger partial charge in [-0.3, -0.25) is 9.46 Å². The predicted octanol–water partition coefficient (Wildman–Crippen LogP) is 6.53. The first kappa shape index (κ1) is 21.2. The summed E-state index contributed by atoms with van der Waals surface area (Å²) >= 11 is 0. The molecule has 0 aliphatic carbocycles. The second-order valence-corrected chi connectivity index (χ2v) is 11.1. The zero-order chi connectivity index (χ0) is 22.0. The van der Waals surface area contributed by atoms with Gasteiger partial charge in [-0.15, -0.1) is 0 Å². The summed E-state index contributed by atoms with van der Waals surface area (Å²) in [6, 6.07) is 26.8. The molecule has 2 fully saturated rings. The van der Waals surface area contributed by atoms with Crippen molar-refractivity contribution >= 4 is 18.8 Å². The van der Waals surface area contributed by atoms with Crippen molar-refractivity contribution in [1.82, 2.24) is 4.90 Å². The molecular formula is C26H29FN3OP. The summed E-state index contributed by atoms with van der Waals surface area (Å²) in [5.41, 5.74) is 2.38. The Balaban J connectivity index is 1.71. The maximum Gasteiger partial charge on any atom is 0.284 e. The quantitative estimate of drug-likeness (QED) is 0.414. The fraction of sp³-hybridized carbons (Fsp3) is 0.308. The first-order valence-corrected chi connectivity index (χ1v) is 13.1. The van der Waals surface area contributed by atoms with E-state index in [2.05, 4.69) is 4.90 Å². The molecule has 0 saturated carbocycles. The van der Waals surface area contributed by atoms with Crippen LogP contribution in [0.5, 0.6) is 0 Å². The highest BCUT2D eigenvalue weighted by molar-refractivity contribution is 7.67. The fourth-order valence-electron chi connectivity index (χ4n) is 5.10. The van der Waals surface area contributed by atoms with Gasteiger partial charge in [0.15, 0.2) is 0 Å². The third-order valence-electron chi connectivity index (χ3n) is 6.56. The second kappa shape index (κ2) is 9.09. The highest BCUT2D eigenvalue weighted by atomic mass is 31.2. The van der Waals surface area contributed by atoms with Crippen LogP contribution in [0.15, 0.2) is 84.9 Å². The number of halogens is 1. The maximum atomic E-state index is 15.5. The molecule has 2 aliphatic rings. The van der Waals surface area contributed by atoms with Crippen LogP contribution < -0.4 is 9.34 Å². The van der Waals surface area contributed by atoms with Gasteiger partial charge in [-0.2, -0.15) is 0 Å². The first-order chi connectivity index (χ1) is 15.7. The Labute approximate surface area is 189 Å². The molecule has 2 saturated heterocycles.